The third-order valence-corrected chi connectivity index (χ3v) is 4.75. The van der Waals surface area contributed by atoms with Crippen LogP contribution in [-0.4, -0.2) is 44.3 Å². The minimum absolute atomic E-state index is 0.252. The lowest BCUT2D eigenvalue weighted by Gasteiger charge is -2.10. The molecule has 2 aromatic heterocycles. The number of nitrogens with zero attached hydrogens (tertiary/aromatic N) is 5. The van der Waals surface area contributed by atoms with Crippen molar-refractivity contribution in [3.63, 3.8) is 0 Å². The number of fused-ring (bicyclic) bond motifs is 1. The van der Waals surface area contributed by atoms with Crippen molar-refractivity contribution in [2.75, 3.05) is 13.7 Å². The number of ether oxygens (including phenoxy) is 1. The number of nitrogens with one attached hydrogen (secondary N) is 1. The maximum Gasteiger partial charge on any atom is 0.252 e. The molecular weight excluding hydrogens is 380 g/mol. The summed E-state index contributed by atoms with van der Waals surface area (Å²) in [6.45, 7) is 1.09. The van der Waals surface area contributed by atoms with Crippen LogP contribution in [0.2, 0.25) is 5.02 Å². The SMILES string of the molecule is COc1ccc2c(ccn2CCNC(=O)c2cc(-n3cnnn3)ccc2Cl)c1. The van der Waals surface area contributed by atoms with Crippen molar-refractivity contribution in [2.24, 2.45) is 0 Å². The summed E-state index contributed by atoms with van der Waals surface area (Å²) in [4.78, 5) is 12.6. The summed E-state index contributed by atoms with van der Waals surface area (Å²) < 4.78 is 8.79. The highest BCUT2D eigenvalue weighted by Gasteiger charge is 2.12. The number of tetrazole rings is 1. The van der Waals surface area contributed by atoms with Gasteiger partial charge in [0.15, 0.2) is 0 Å². The van der Waals surface area contributed by atoms with E-state index in [9.17, 15) is 4.79 Å². The summed E-state index contributed by atoms with van der Waals surface area (Å²) >= 11 is 6.20. The van der Waals surface area contributed by atoms with E-state index in [0.29, 0.717) is 29.4 Å². The fourth-order valence-electron chi connectivity index (χ4n) is 2.99. The van der Waals surface area contributed by atoms with Crippen molar-refractivity contribution in [1.82, 2.24) is 30.1 Å². The summed E-state index contributed by atoms with van der Waals surface area (Å²) in [5.41, 5.74) is 2.11. The van der Waals surface area contributed by atoms with Crippen molar-refractivity contribution >= 4 is 28.4 Å². The predicted molar refractivity (Wildman–Crippen MR) is 105 cm³/mol. The highest BCUT2D eigenvalue weighted by atomic mass is 35.5. The van der Waals surface area contributed by atoms with Crippen LogP contribution in [0.25, 0.3) is 16.6 Å². The highest BCUT2D eigenvalue weighted by Crippen LogP contribution is 2.22. The molecule has 0 atom stereocenters. The molecule has 0 saturated carbocycles. The standard InChI is InChI=1S/C19H17ClN6O2/c1-28-15-3-5-18-13(10-15)6-8-25(18)9-7-21-19(27)16-11-14(2-4-17(16)20)26-12-22-23-24-26/h2-6,8,10-12H,7,9H2,1H3,(H,21,27). The molecule has 0 spiro atoms. The Morgan fingerprint density at radius 3 is 2.89 bits per heavy atom. The first kappa shape index (κ1) is 18.0. The van der Waals surface area contributed by atoms with Crippen LogP contribution in [0.5, 0.6) is 5.75 Å². The molecule has 1 amide bonds. The lowest BCUT2D eigenvalue weighted by Crippen LogP contribution is -2.27. The molecule has 0 unspecified atom stereocenters. The molecule has 0 aliphatic heterocycles. The van der Waals surface area contributed by atoms with E-state index in [0.717, 1.165) is 16.7 Å². The minimum atomic E-state index is -0.252. The third kappa shape index (κ3) is 3.54. The Morgan fingerprint density at radius 1 is 1.21 bits per heavy atom. The number of amides is 1. The first-order valence-electron chi connectivity index (χ1n) is 8.60. The molecule has 0 bridgehead atoms. The van der Waals surface area contributed by atoms with Crippen molar-refractivity contribution in [3.05, 3.63) is 65.6 Å². The maximum absolute atomic E-state index is 12.6. The summed E-state index contributed by atoms with van der Waals surface area (Å²) in [5.74, 6) is 0.564. The maximum atomic E-state index is 12.6. The third-order valence-electron chi connectivity index (χ3n) is 4.42. The molecule has 0 radical (unpaired) electrons. The average molecular weight is 397 g/mol. The van der Waals surface area contributed by atoms with E-state index in [1.807, 2.05) is 30.5 Å². The Labute approximate surface area is 165 Å². The molecule has 0 aliphatic rings. The summed E-state index contributed by atoms with van der Waals surface area (Å²) in [7, 11) is 1.65. The predicted octanol–water partition coefficient (Wildman–Crippen LogP) is 2.71. The second kappa shape index (κ2) is 7.69. The first-order chi connectivity index (χ1) is 13.7. The Kier molecular flexibility index (Phi) is 4.94. The van der Waals surface area contributed by atoms with Gasteiger partial charge in [-0.05, 0) is 52.9 Å². The molecule has 1 N–H and O–H groups in total. The number of hydrogen-bond donors (Lipinski definition) is 1. The van der Waals surface area contributed by atoms with Crippen LogP contribution in [0, 0.1) is 0 Å². The van der Waals surface area contributed by atoms with Gasteiger partial charge in [-0.25, -0.2) is 4.68 Å². The highest BCUT2D eigenvalue weighted by molar-refractivity contribution is 6.33. The quantitative estimate of drug-likeness (QED) is 0.541. The molecule has 4 rings (SSSR count). The Balaban J connectivity index is 1.44. The zero-order chi connectivity index (χ0) is 19.5. The van der Waals surface area contributed by atoms with Gasteiger partial charge in [-0.1, -0.05) is 11.6 Å². The van der Waals surface area contributed by atoms with E-state index in [1.165, 1.54) is 11.0 Å². The van der Waals surface area contributed by atoms with E-state index in [1.54, 1.807) is 25.3 Å². The molecule has 0 saturated heterocycles. The molecule has 0 aliphatic carbocycles. The molecular formula is C19H17ClN6O2. The number of rotatable bonds is 6. The fraction of sp³-hybridized carbons (Fsp3) is 0.158. The Bertz CT molecular complexity index is 1120. The van der Waals surface area contributed by atoms with Crippen LogP contribution < -0.4 is 10.1 Å². The number of aromatic nitrogens is 5. The number of methoxy groups -OCH3 is 1. The number of hydrogen-bond acceptors (Lipinski definition) is 5. The van der Waals surface area contributed by atoms with Gasteiger partial charge in [-0.3, -0.25) is 4.79 Å². The van der Waals surface area contributed by atoms with Crippen molar-refractivity contribution in [2.45, 2.75) is 6.54 Å². The van der Waals surface area contributed by atoms with Crippen molar-refractivity contribution in [3.8, 4) is 11.4 Å². The van der Waals surface area contributed by atoms with Crippen LogP contribution >= 0.6 is 11.6 Å². The minimum Gasteiger partial charge on any atom is -0.497 e. The van der Waals surface area contributed by atoms with Gasteiger partial charge < -0.3 is 14.6 Å². The van der Waals surface area contributed by atoms with Gasteiger partial charge in [0.1, 0.15) is 12.1 Å². The van der Waals surface area contributed by atoms with Gasteiger partial charge in [0, 0.05) is 30.2 Å². The first-order valence-corrected chi connectivity index (χ1v) is 8.97. The number of benzene rings is 2. The number of halogens is 1. The van der Waals surface area contributed by atoms with Gasteiger partial charge in [0.2, 0.25) is 0 Å². The molecule has 9 heteroatoms. The molecule has 4 aromatic rings. The lowest BCUT2D eigenvalue weighted by atomic mass is 10.2. The Hall–Kier alpha value is -3.39. The van der Waals surface area contributed by atoms with Gasteiger partial charge >= 0.3 is 0 Å². The second-order valence-electron chi connectivity index (χ2n) is 6.11. The van der Waals surface area contributed by atoms with Gasteiger partial charge in [-0.2, -0.15) is 0 Å². The van der Waals surface area contributed by atoms with Gasteiger partial charge in [0.05, 0.1) is 23.4 Å². The topological polar surface area (TPSA) is 86.9 Å². The van der Waals surface area contributed by atoms with E-state index in [2.05, 4.69) is 25.4 Å². The largest absolute Gasteiger partial charge is 0.497 e. The van der Waals surface area contributed by atoms with E-state index >= 15 is 0 Å². The molecule has 2 aromatic carbocycles. The number of carbonyl (C=O) groups excluding carboxylic acids is 1. The van der Waals surface area contributed by atoms with Crippen molar-refractivity contribution in [1.29, 1.82) is 0 Å². The van der Waals surface area contributed by atoms with Crippen LogP contribution in [0.3, 0.4) is 0 Å². The van der Waals surface area contributed by atoms with Crippen molar-refractivity contribution < 1.29 is 9.53 Å². The normalized spacial score (nSPS) is 10.9. The van der Waals surface area contributed by atoms with Gasteiger partial charge in [-0.15, -0.1) is 5.10 Å². The number of carbonyl (C=O) groups is 1. The smallest absolute Gasteiger partial charge is 0.252 e. The van der Waals surface area contributed by atoms with E-state index < -0.39 is 0 Å². The second-order valence-corrected chi connectivity index (χ2v) is 6.52. The molecule has 28 heavy (non-hydrogen) atoms. The average Bonchev–Trinajstić information content (AvgIpc) is 3.38. The summed E-state index contributed by atoms with van der Waals surface area (Å²) in [6.07, 6.45) is 3.44. The van der Waals surface area contributed by atoms with Crippen LogP contribution in [0.4, 0.5) is 0 Å². The van der Waals surface area contributed by atoms with E-state index in [4.69, 9.17) is 16.3 Å². The van der Waals surface area contributed by atoms with Gasteiger partial charge in [0.25, 0.3) is 5.91 Å². The van der Waals surface area contributed by atoms with Crippen LogP contribution in [-0.2, 0) is 6.54 Å². The molecule has 142 valence electrons. The molecule has 2 heterocycles. The Morgan fingerprint density at radius 2 is 2.11 bits per heavy atom. The molecule has 8 nitrogen and oxygen atoms in total. The summed E-state index contributed by atoms with van der Waals surface area (Å²) in [5, 5.41) is 15.4. The monoisotopic (exact) mass is 396 g/mol. The zero-order valence-corrected chi connectivity index (χ0v) is 15.8. The lowest BCUT2D eigenvalue weighted by molar-refractivity contribution is 0.0952. The summed E-state index contributed by atoms with van der Waals surface area (Å²) in [6, 6.07) is 13.0. The fourth-order valence-corrected chi connectivity index (χ4v) is 3.20. The van der Waals surface area contributed by atoms with Crippen LogP contribution in [0.15, 0.2) is 55.0 Å². The van der Waals surface area contributed by atoms with Crippen LogP contribution in [0.1, 0.15) is 10.4 Å². The zero-order valence-electron chi connectivity index (χ0n) is 15.0. The van der Waals surface area contributed by atoms with E-state index in [-0.39, 0.29) is 5.91 Å². The molecule has 0 fully saturated rings.